The largest absolute Gasteiger partial charge is 0.505 e. The van der Waals surface area contributed by atoms with Crippen LogP contribution in [0.2, 0.25) is 0 Å². The SMILES string of the molecule is Cc1cc(-c2ccccc2-c2csc(-c3ccccc3-c3cc(C)cc(-n4c5ccccc5c5ccccc54)c3O)n2)c(O)c(-n2c3ccccc3c3ccccc32)c1.[CH3-].[CH3-].[Hf]. The van der Waals surface area contributed by atoms with Gasteiger partial charge in [-0.3, -0.25) is 0 Å². The number of para-hydroxylation sites is 4. The van der Waals surface area contributed by atoms with Crippen LogP contribution in [-0.4, -0.2) is 24.3 Å². The number of hydrogen-bond acceptors (Lipinski definition) is 4. The number of rotatable bonds is 6. The normalized spacial score (nSPS) is 11.1. The predicted molar refractivity (Wildman–Crippen MR) is 258 cm³/mol. The van der Waals surface area contributed by atoms with E-state index in [1.807, 2.05) is 48.5 Å². The third-order valence-electron chi connectivity index (χ3n) is 11.6. The third-order valence-corrected chi connectivity index (χ3v) is 12.4. The zero-order valence-corrected chi connectivity index (χ0v) is 39.3. The van der Waals surface area contributed by atoms with Gasteiger partial charge in [-0.05, 0) is 84.6 Å². The minimum atomic E-state index is 0. The summed E-state index contributed by atoms with van der Waals surface area (Å²) in [4.78, 5) is 5.28. The fourth-order valence-electron chi connectivity index (χ4n) is 9.00. The number of benzene rings is 8. The van der Waals surface area contributed by atoms with Gasteiger partial charge in [0.15, 0.2) is 0 Å². The Balaban J connectivity index is 0.00000176. The minimum Gasteiger partial charge on any atom is -0.505 e. The van der Waals surface area contributed by atoms with Gasteiger partial charge in [-0.15, -0.1) is 11.3 Å². The molecule has 11 aromatic rings. The fraction of sp³-hybridized carbons (Fsp3) is 0.0364. The molecule has 0 spiro atoms. The van der Waals surface area contributed by atoms with E-state index in [1.165, 1.54) is 0 Å². The Morgan fingerprint density at radius 2 is 0.758 bits per heavy atom. The van der Waals surface area contributed by atoms with Crippen molar-refractivity contribution in [2.45, 2.75) is 13.8 Å². The summed E-state index contributed by atoms with van der Waals surface area (Å²) in [6.07, 6.45) is 0. The van der Waals surface area contributed by atoms with Crippen LogP contribution in [0.15, 0.2) is 175 Å². The van der Waals surface area contributed by atoms with Crippen LogP contribution in [0.4, 0.5) is 0 Å². The maximum Gasteiger partial charge on any atom is 0.147 e. The molecule has 0 amide bonds. The van der Waals surface area contributed by atoms with Gasteiger partial charge in [0.2, 0.25) is 0 Å². The van der Waals surface area contributed by atoms with Gasteiger partial charge >= 0.3 is 0 Å². The van der Waals surface area contributed by atoms with E-state index in [2.05, 4.69) is 150 Å². The smallest absolute Gasteiger partial charge is 0.147 e. The van der Waals surface area contributed by atoms with Crippen molar-refractivity contribution in [2.24, 2.45) is 0 Å². The molecule has 3 aromatic heterocycles. The molecule has 0 saturated heterocycles. The number of thiazole rings is 1. The molecule has 0 atom stereocenters. The Morgan fingerprint density at radius 1 is 0.419 bits per heavy atom. The fourth-order valence-corrected chi connectivity index (χ4v) is 9.86. The Hall–Kier alpha value is -6.54. The molecule has 0 unspecified atom stereocenters. The summed E-state index contributed by atoms with van der Waals surface area (Å²) in [5.41, 5.74) is 13.7. The van der Waals surface area contributed by atoms with E-state index in [0.29, 0.717) is 0 Å². The Kier molecular flexibility index (Phi) is 11.4. The van der Waals surface area contributed by atoms with E-state index in [-0.39, 0.29) is 52.2 Å². The zero-order chi connectivity index (χ0) is 39.8. The number of aryl methyl sites for hydroxylation is 2. The van der Waals surface area contributed by atoms with Gasteiger partial charge in [0.05, 0.1) is 39.1 Å². The molecule has 3 heterocycles. The number of phenolic OH excluding ortho intramolecular Hbond substituents is 2. The molecule has 0 radical (unpaired) electrons. The van der Waals surface area contributed by atoms with Gasteiger partial charge in [-0.1, -0.05) is 121 Å². The maximum atomic E-state index is 12.3. The van der Waals surface area contributed by atoms with Gasteiger partial charge in [0.1, 0.15) is 16.5 Å². The molecular weight excluding hydrogens is 945 g/mol. The first kappa shape index (κ1) is 42.2. The van der Waals surface area contributed by atoms with Crippen molar-refractivity contribution >= 4 is 54.9 Å². The molecule has 0 bridgehead atoms. The molecule has 8 aromatic carbocycles. The molecule has 2 N–H and O–H groups in total. The molecule has 302 valence electrons. The van der Waals surface area contributed by atoms with Crippen molar-refractivity contribution in [1.82, 2.24) is 14.1 Å². The molecular formula is C55H43HfN3O2S-2. The average Bonchev–Trinajstić information content (AvgIpc) is 3.99. The Morgan fingerprint density at radius 3 is 1.18 bits per heavy atom. The summed E-state index contributed by atoms with van der Waals surface area (Å²) in [5, 5.41) is 32.0. The molecule has 0 saturated carbocycles. The van der Waals surface area contributed by atoms with Crippen molar-refractivity contribution < 1.29 is 36.1 Å². The number of hydrogen-bond donors (Lipinski definition) is 2. The maximum absolute atomic E-state index is 12.3. The van der Waals surface area contributed by atoms with Crippen molar-refractivity contribution in [2.75, 3.05) is 0 Å². The van der Waals surface area contributed by atoms with Crippen LogP contribution in [0.3, 0.4) is 0 Å². The van der Waals surface area contributed by atoms with Crippen molar-refractivity contribution in [3.8, 4) is 67.0 Å². The van der Waals surface area contributed by atoms with Crippen LogP contribution >= 0.6 is 11.3 Å². The quantitative estimate of drug-likeness (QED) is 0.129. The Bertz CT molecular complexity index is 3130. The van der Waals surface area contributed by atoms with Gasteiger partial charge in [-0.25, -0.2) is 4.98 Å². The second-order valence-corrected chi connectivity index (χ2v) is 16.1. The summed E-state index contributed by atoms with van der Waals surface area (Å²) >= 11 is 1.57. The van der Waals surface area contributed by atoms with Crippen LogP contribution in [-0.2, 0) is 25.8 Å². The van der Waals surface area contributed by atoms with Crippen LogP contribution in [0.1, 0.15) is 11.1 Å². The molecule has 0 aliphatic carbocycles. The number of aromatic nitrogens is 3. The van der Waals surface area contributed by atoms with E-state index in [0.717, 1.165) is 110 Å². The molecule has 62 heavy (non-hydrogen) atoms. The van der Waals surface area contributed by atoms with Crippen LogP contribution in [0.5, 0.6) is 11.5 Å². The molecule has 11 rings (SSSR count). The van der Waals surface area contributed by atoms with Gasteiger partial charge in [0, 0.05) is 75.0 Å². The first-order valence-corrected chi connectivity index (χ1v) is 20.6. The van der Waals surface area contributed by atoms with Crippen molar-refractivity contribution in [3.63, 3.8) is 0 Å². The first-order chi connectivity index (χ1) is 28.9. The zero-order valence-electron chi connectivity index (χ0n) is 34.9. The minimum absolute atomic E-state index is 0. The standard InChI is InChI=1S/C53H37N3O2S.2CH3.Hf/c1-32-27-42(51(57)49(29-32)55-45-23-11-7-18-37(45)38-19-8-12-24-46(38)55)34-15-3-5-17-36(34)44-31-59-53(54-44)41-22-6-4-16-35(41)43-28-33(2)30-50(52(43)58)56-47-25-13-9-20-39(47)40-21-10-14-26-48(40)56;;;/h3-31,57-58H,1-2H3;2*1H3;/q;2*-1;. The molecule has 7 heteroatoms. The topological polar surface area (TPSA) is 63.2 Å². The number of fused-ring (bicyclic) bond motifs is 6. The second-order valence-electron chi connectivity index (χ2n) is 15.2. The van der Waals surface area contributed by atoms with Crippen molar-refractivity contribution in [1.29, 1.82) is 0 Å². The number of nitrogens with zero attached hydrogens (tertiary/aromatic N) is 3. The van der Waals surface area contributed by atoms with E-state index < -0.39 is 0 Å². The summed E-state index contributed by atoms with van der Waals surface area (Å²) in [7, 11) is 0. The molecule has 0 fully saturated rings. The van der Waals surface area contributed by atoms with Gasteiger partial charge in [-0.2, -0.15) is 0 Å². The van der Waals surface area contributed by atoms with Crippen molar-refractivity contribution in [3.05, 3.63) is 201 Å². The number of aromatic hydroxyl groups is 2. The Labute approximate surface area is 384 Å². The van der Waals surface area contributed by atoms with E-state index >= 15 is 0 Å². The molecule has 5 nitrogen and oxygen atoms in total. The first-order valence-electron chi connectivity index (χ1n) is 19.7. The summed E-state index contributed by atoms with van der Waals surface area (Å²) in [5.74, 6) is 0.426. The van der Waals surface area contributed by atoms with Crippen LogP contribution in [0.25, 0.3) is 99.1 Å². The average molecular weight is 989 g/mol. The molecule has 0 aliphatic rings. The van der Waals surface area contributed by atoms with Crippen LogP contribution in [0, 0.1) is 28.7 Å². The summed E-state index contributed by atoms with van der Waals surface area (Å²) in [6.45, 7) is 4.16. The summed E-state index contributed by atoms with van der Waals surface area (Å²) in [6, 6.07) is 58.0. The monoisotopic (exact) mass is 989 g/mol. The van der Waals surface area contributed by atoms with Gasteiger partial charge in [0.25, 0.3) is 0 Å². The van der Waals surface area contributed by atoms with E-state index in [9.17, 15) is 10.2 Å². The van der Waals surface area contributed by atoms with E-state index in [1.54, 1.807) is 11.3 Å². The summed E-state index contributed by atoms with van der Waals surface area (Å²) < 4.78 is 4.34. The van der Waals surface area contributed by atoms with Gasteiger partial charge < -0.3 is 34.2 Å². The second kappa shape index (κ2) is 16.7. The predicted octanol–water partition coefficient (Wildman–Crippen LogP) is 14.9. The number of phenols is 2. The molecule has 0 aliphatic heterocycles. The van der Waals surface area contributed by atoms with E-state index in [4.69, 9.17) is 4.98 Å². The third kappa shape index (κ3) is 6.68. The van der Waals surface area contributed by atoms with Crippen LogP contribution < -0.4 is 0 Å².